The number of carbonyl (C=O) groups is 1. The Morgan fingerprint density at radius 2 is 2.32 bits per heavy atom. The second-order valence-electron chi connectivity index (χ2n) is 3.81. The maximum Gasteiger partial charge on any atom is 0.360 e. The Morgan fingerprint density at radius 1 is 1.47 bits per heavy atom. The molecule has 2 aromatic heterocycles. The molecule has 0 aromatic carbocycles. The van der Waals surface area contributed by atoms with Crippen LogP contribution in [0, 0.1) is 6.92 Å². The molecule has 0 unspecified atom stereocenters. The summed E-state index contributed by atoms with van der Waals surface area (Å²) in [7, 11) is 0. The second kappa shape index (κ2) is 6.63. The summed E-state index contributed by atoms with van der Waals surface area (Å²) in [6, 6.07) is 0. The lowest BCUT2D eigenvalue weighted by Crippen LogP contribution is -2.10. The molecule has 2 heterocycles. The van der Waals surface area contributed by atoms with Gasteiger partial charge in [0, 0.05) is 24.0 Å². The van der Waals surface area contributed by atoms with Crippen LogP contribution in [0.3, 0.4) is 0 Å². The fraction of sp³-hybridized carbons (Fsp3) is 0.417. The van der Waals surface area contributed by atoms with Crippen LogP contribution in [0.25, 0.3) is 0 Å². The molecule has 2 aromatic rings. The highest BCUT2D eigenvalue weighted by molar-refractivity contribution is 7.14. The Hall–Kier alpha value is -1.47. The maximum absolute atomic E-state index is 11.6. The van der Waals surface area contributed by atoms with Crippen molar-refractivity contribution in [1.82, 2.24) is 9.97 Å². The average Bonchev–Trinajstić information content (AvgIpc) is 2.99. The molecular weight excluding hydrogens is 282 g/mol. The predicted molar refractivity (Wildman–Crippen MR) is 77.1 cm³/mol. The summed E-state index contributed by atoms with van der Waals surface area (Å²) >= 11 is 3.05. The normalized spacial score (nSPS) is 10.4. The van der Waals surface area contributed by atoms with Crippen LogP contribution < -0.4 is 5.32 Å². The third kappa shape index (κ3) is 3.74. The first-order valence-electron chi connectivity index (χ1n) is 5.96. The van der Waals surface area contributed by atoms with E-state index in [4.69, 9.17) is 4.74 Å². The standard InChI is InChI=1S/C12H15N3O2S2/c1-3-17-12(16)10-11(19-7-14-10)13-5-4-9-15-8(2)6-18-9/h6-7,13H,3-5H2,1-2H3. The lowest BCUT2D eigenvalue weighted by Gasteiger charge is -2.04. The van der Waals surface area contributed by atoms with E-state index in [1.165, 1.54) is 11.3 Å². The van der Waals surface area contributed by atoms with Gasteiger partial charge in [0.05, 0.1) is 17.1 Å². The molecule has 0 aliphatic heterocycles. The number of aromatic nitrogens is 2. The molecule has 0 saturated carbocycles. The monoisotopic (exact) mass is 297 g/mol. The lowest BCUT2D eigenvalue weighted by molar-refractivity contribution is 0.0521. The van der Waals surface area contributed by atoms with Gasteiger partial charge in [-0.25, -0.2) is 14.8 Å². The van der Waals surface area contributed by atoms with Crippen molar-refractivity contribution in [2.24, 2.45) is 0 Å². The lowest BCUT2D eigenvalue weighted by atomic mass is 10.4. The minimum atomic E-state index is -0.378. The number of aryl methyl sites for hydroxylation is 1. The molecule has 1 N–H and O–H groups in total. The molecule has 0 bridgehead atoms. The molecule has 0 saturated heterocycles. The van der Waals surface area contributed by atoms with Crippen molar-refractivity contribution < 1.29 is 9.53 Å². The van der Waals surface area contributed by atoms with Gasteiger partial charge in [-0.05, 0) is 13.8 Å². The number of hydrogen-bond acceptors (Lipinski definition) is 7. The molecule has 19 heavy (non-hydrogen) atoms. The van der Waals surface area contributed by atoms with Crippen molar-refractivity contribution in [3.8, 4) is 0 Å². The Kier molecular flexibility index (Phi) is 4.86. The van der Waals surface area contributed by atoms with Crippen LogP contribution in [0.4, 0.5) is 5.00 Å². The first-order valence-corrected chi connectivity index (χ1v) is 7.72. The molecule has 0 spiro atoms. The van der Waals surface area contributed by atoms with Crippen LogP contribution >= 0.6 is 22.7 Å². The highest BCUT2D eigenvalue weighted by Gasteiger charge is 2.15. The highest BCUT2D eigenvalue weighted by atomic mass is 32.1. The summed E-state index contributed by atoms with van der Waals surface area (Å²) in [5.41, 5.74) is 3.05. The van der Waals surface area contributed by atoms with E-state index in [2.05, 4.69) is 15.3 Å². The number of esters is 1. The smallest absolute Gasteiger partial charge is 0.360 e. The van der Waals surface area contributed by atoms with E-state index in [1.54, 1.807) is 23.8 Å². The van der Waals surface area contributed by atoms with Crippen molar-refractivity contribution in [2.75, 3.05) is 18.5 Å². The summed E-state index contributed by atoms with van der Waals surface area (Å²) in [6.45, 7) is 4.84. The minimum Gasteiger partial charge on any atom is -0.461 e. The molecule has 7 heteroatoms. The van der Waals surface area contributed by atoms with Crippen LogP contribution in [0.1, 0.15) is 28.1 Å². The van der Waals surface area contributed by atoms with E-state index in [9.17, 15) is 4.79 Å². The number of rotatable bonds is 6. The van der Waals surface area contributed by atoms with Gasteiger partial charge in [0.2, 0.25) is 0 Å². The van der Waals surface area contributed by atoms with Crippen molar-refractivity contribution in [3.05, 3.63) is 27.3 Å². The van der Waals surface area contributed by atoms with Gasteiger partial charge < -0.3 is 10.1 Å². The number of hydrogen-bond donors (Lipinski definition) is 1. The van der Waals surface area contributed by atoms with Gasteiger partial charge in [-0.15, -0.1) is 22.7 Å². The molecule has 102 valence electrons. The van der Waals surface area contributed by atoms with E-state index < -0.39 is 0 Å². The summed E-state index contributed by atoms with van der Waals surface area (Å²) in [4.78, 5) is 20.1. The number of thiazole rings is 2. The second-order valence-corrected chi connectivity index (χ2v) is 5.61. The first-order chi connectivity index (χ1) is 9.20. The van der Waals surface area contributed by atoms with E-state index in [0.29, 0.717) is 12.3 Å². The third-order valence-electron chi connectivity index (χ3n) is 2.33. The van der Waals surface area contributed by atoms with Crippen molar-refractivity contribution in [2.45, 2.75) is 20.3 Å². The van der Waals surface area contributed by atoms with Crippen LogP contribution in [0.15, 0.2) is 10.9 Å². The Balaban J connectivity index is 1.89. The quantitative estimate of drug-likeness (QED) is 0.831. The first kappa shape index (κ1) is 14.0. The Morgan fingerprint density at radius 3 is 3.00 bits per heavy atom. The summed E-state index contributed by atoms with van der Waals surface area (Å²) in [6.07, 6.45) is 0.832. The van der Waals surface area contributed by atoms with Gasteiger partial charge in [0.15, 0.2) is 5.69 Å². The fourth-order valence-corrected chi connectivity index (χ4v) is 2.99. The van der Waals surface area contributed by atoms with Gasteiger partial charge in [-0.1, -0.05) is 0 Å². The number of carbonyl (C=O) groups excluding carboxylic acids is 1. The molecule has 5 nitrogen and oxygen atoms in total. The SMILES string of the molecule is CCOC(=O)c1ncsc1NCCc1nc(C)cs1. The summed E-state index contributed by atoms with van der Waals surface area (Å²) in [5.74, 6) is -0.378. The molecular formula is C12H15N3O2S2. The zero-order chi connectivity index (χ0) is 13.7. The average molecular weight is 297 g/mol. The van der Waals surface area contributed by atoms with E-state index >= 15 is 0 Å². The molecule has 2 rings (SSSR count). The van der Waals surface area contributed by atoms with Crippen LogP contribution in [0.2, 0.25) is 0 Å². The molecule has 0 atom stereocenters. The van der Waals surface area contributed by atoms with Crippen molar-refractivity contribution in [1.29, 1.82) is 0 Å². The molecule has 0 aliphatic carbocycles. The maximum atomic E-state index is 11.6. The molecule has 0 aliphatic rings. The minimum absolute atomic E-state index is 0.355. The zero-order valence-corrected chi connectivity index (χ0v) is 12.4. The molecule has 0 fully saturated rings. The summed E-state index contributed by atoms with van der Waals surface area (Å²) < 4.78 is 4.95. The van der Waals surface area contributed by atoms with Crippen LogP contribution in [-0.2, 0) is 11.2 Å². The van der Waals surface area contributed by atoms with Gasteiger partial charge in [0.1, 0.15) is 5.00 Å². The van der Waals surface area contributed by atoms with Gasteiger partial charge in [0.25, 0.3) is 0 Å². The van der Waals surface area contributed by atoms with Gasteiger partial charge in [-0.3, -0.25) is 0 Å². The predicted octanol–water partition coefficient (Wildman–Crippen LogP) is 2.74. The van der Waals surface area contributed by atoms with Crippen molar-refractivity contribution >= 4 is 33.6 Å². The Labute approximate surface area is 119 Å². The number of nitrogens with one attached hydrogen (secondary N) is 1. The van der Waals surface area contributed by atoms with E-state index in [-0.39, 0.29) is 5.97 Å². The zero-order valence-electron chi connectivity index (χ0n) is 10.8. The summed E-state index contributed by atoms with van der Waals surface area (Å²) in [5, 5.41) is 7.09. The fourth-order valence-electron chi connectivity index (χ4n) is 1.52. The van der Waals surface area contributed by atoms with E-state index in [1.807, 2.05) is 12.3 Å². The van der Waals surface area contributed by atoms with Crippen LogP contribution in [0.5, 0.6) is 0 Å². The largest absolute Gasteiger partial charge is 0.461 e. The number of nitrogens with zero attached hydrogens (tertiary/aromatic N) is 2. The van der Waals surface area contributed by atoms with Crippen LogP contribution in [-0.4, -0.2) is 29.1 Å². The third-order valence-corrected chi connectivity index (χ3v) is 4.14. The highest BCUT2D eigenvalue weighted by Crippen LogP contribution is 2.21. The molecule has 0 amide bonds. The van der Waals surface area contributed by atoms with Gasteiger partial charge >= 0.3 is 5.97 Å². The van der Waals surface area contributed by atoms with E-state index in [0.717, 1.165) is 28.7 Å². The van der Waals surface area contributed by atoms with Crippen molar-refractivity contribution in [3.63, 3.8) is 0 Å². The molecule has 0 radical (unpaired) electrons. The Bertz CT molecular complexity index is 551. The number of ether oxygens (including phenoxy) is 1. The van der Waals surface area contributed by atoms with Gasteiger partial charge in [-0.2, -0.15) is 0 Å². The topological polar surface area (TPSA) is 64.1 Å². The number of anilines is 1.